The molecule has 0 radical (unpaired) electrons. The number of carbonyl (C=O) groups excluding carboxylic acids is 1. The smallest absolute Gasteiger partial charge is 0.220 e. The molecule has 0 aliphatic carbocycles. The van der Waals surface area contributed by atoms with Gasteiger partial charge in [0, 0.05) is 35.8 Å². The fourth-order valence-corrected chi connectivity index (χ4v) is 3.40. The van der Waals surface area contributed by atoms with Crippen LogP contribution in [0.25, 0.3) is 16.2 Å². The van der Waals surface area contributed by atoms with Crippen molar-refractivity contribution in [3.8, 4) is 11.3 Å². The molecule has 120 valence electrons. The predicted octanol–water partition coefficient (Wildman–Crippen LogP) is 3.91. The van der Waals surface area contributed by atoms with Crippen LogP contribution in [0.15, 0.2) is 41.9 Å². The van der Waals surface area contributed by atoms with Crippen LogP contribution in [0.3, 0.4) is 0 Å². The Morgan fingerprint density at radius 1 is 1.30 bits per heavy atom. The van der Waals surface area contributed by atoms with E-state index in [1.54, 1.807) is 11.3 Å². The molecule has 0 atom stereocenters. The number of carbonyl (C=O) groups is 1. The van der Waals surface area contributed by atoms with E-state index in [0.717, 1.165) is 47.7 Å². The lowest BCUT2D eigenvalue weighted by Gasteiger charge is -2.03. The highest BCUT2D eigenvalue weighted by molar-refractivity contribution is 7.15. The second-order valence-electron chi connectivity index (χ2n) is 5.58. The highest BCUT2D eigenvalue weighted by Crippen LogP contribution is 2.24. The number of imidazole rings is 1. The van der Waals surface area contributed by atoms with Crippen LogP contribution in [0.4, 0.5) is 0 Å². The fraction of sp³-hybridized carbons (Fsp3) is 0.333. The van der Waals surface area contributed by atoms with Crippen LogP contribution in [0.2, 0.25) is 0 Å². The number of aromatic nitrogens is 2. The molecule has 1 aromatic carbocycles. The SMILES string of the molecule is CCCCNC(=O)CCc1csc2nc(-c3ccccc3)cn12. The van der Waals surface area contributed by atoms with Gasteiger partial charge in [-0.25, -0.2) is 4.98 Å². The van der Waals surface area contributed by atoms with E-state index in [0.29, 0.717) is 6.42 Å². The Labute approximate surface area is 140 Å². The van der Waals surface area contributed by atoms with Crippen LogP contribution in [0.5, 0.6) is 0 Å². The lowest BCUT2D eigenvalue weighted by molar-refractivity contribution is -0.121. The second kappa shape index (κ2) is 7.42. The Balaban J connectivity index is 1.68. The number of fused-ring (bicyclic) bond motifs is 1. The van der Waals surface area contributed by atoms with E-state index < -0.39 is 0 Å². The summed E-state index contributed by atoms with van der Waals surface area (Å²) in [5.41, 5.74) is 3.24. The molecule has 0 saturated carbocycles. The maximum Gasteiger partial charge on any atom is 0.220 e. The molecule has 0 aliphatic rings. The summed E-state index contributed by atoms with van der Waals surface area (Å²) in [7, 11) is 0. The number of nitrogens with zero attached hydrogens (tertiary/aromatic N) is 2. The minimum Gasteiger partial charge on any atom is -0.356 e. The summed E-state index contributed by atoms with van der Waals surface area (Å²) in [5.74, 6) is 0.126. The Hall–Kier alpha value is -2.14. The monoisotopic (exact) mass is 327 g/mol. The van der Waals surface area contributed by atoms with Gasteiger partial charge in [-0.1, -0.05) is 43.7 Å². The first-order valence-electron chi connectivity index (χ1n) is 8.05. The average Bonchev–Trinajstić information content (AvgIpc) is 3.15. The minimum atomic E-state index is 0.126. The molecule has 23 heavy (non-hydrogen) atoms. The fourth-order valence-electron chi connectivity index (χ4n) is 2.49. The third-order valence-corrected chi connectivity index (χ3v) is 4.70. The van der Waals surface area contributed by atoms with Gasteiger partial charge in [0.2, 0.25) is 5.91 Å². The maximum absolute atomic E-state index is 11.8. The van der Waals surface area contributed by atoms with Gasteiger partial charge in [-0.2, -0.15) is 0 Å². The van der Waals surface area contributed by atoms with Gasteiger partial charge in [-0.3, -0.25) is 9.20 Å². The van der Waals surface area contributed by atoms with Gasteiger partial charge in [0.15, 0.2) is 4.96 Å². The third-order valence-electron chi connectivity index (χ3n) is 3.81. The summed E-state index contributed by atoms with van der Waals surface area (Å²) in [4.78, 5) is 17.5. The zero-order chi connectivity index (χ0) is 16.1. The minimum absolute atomic E-state index is 0.126. The predicted molar refractivity (Wildman–Crippen MR) is 94.7 cm³/mol. The topological polar surface area (TPSA) is 46.4 Å². The lowest BCUT2D eigenvalue weighted by atomic mass is 10.2. The van der Waals surface area contributed by atoms with Crippen LogP contribution in [-0.2, 0) is 11.2 Å². The molecule has 0 aliphatic heterocycles. The number of benzene rings is 1. The maximum atomic E-state index is 11.8. The normalized spacial score (nSPS) is 11.0. The largest absolute Gasteiger partial charge is 0.356 e. The van der Waals surface area contributed by atoms with Crippen molar-refractivity contribution in [1.29, 1.82) is 0 Å². The van der Waals surface area contributed by atoms with Crippen molar-refractivity contribution in [3.05, 3.63) is 47.6 Å². The molecule has 3 aromatic rings. The Bertz CT molecular complexity index is 776. The highest BCUT2D eigenvalue weighted by Gasteiger charge is 2.10. The second-order valence-corrected chi connectivity index (χ2v) is 6.41. The van der Waals surface area contributed by atoms with Gasteiger partial charge in [-0.05, 0) is 12.8 Å². The zero-order valence-corrected chi connectivity index (χ0v) is 14.1. The Morgan fingerprint density at radius 3 is 2.91 bits per heavy atom. The van der Waals surface area contributed by atoms with Crippen molar-refractivity contribution in [1.82, 2.24) is 14.7 Å². The quantitative estimate of drug-likeness (QED) is 0.669. The van der Waals surface area contributed by atoms with E-state index in [-0.39, 0.29) is 5.91 Å². The van der Waals surface area contributed by atoms with Crippen molar-refractivity contribution in [2.75, 3.05) is 6.54 Å². The molecule has 2 aromatic heterocycles. The van der Waals surface area contributed by atoms with E-state index >= 15 is 0 Å². The molecule has 0 bridgehead atoms. The Kier molecular flexibility index (Phi) is 5.08. The molecular weight excluding hydrogens is 306 g/mol. The molecule has 1 amide bonds. The number of thiazole rings is 1. The molecule has 0 unspecified atom stereocenters. The van der Waals surface area contributed by atoms with Gasteiger partial charge in [-0.15, -0.1) is 11.3 Å². The Morgan fingerprint density at radius 2 is 2.13 bits per heavy atom. The molecule has 0 saturated heterocycles. The molecule has 3 rings (SSSR count). The van der Waals surface area contributed by atoms with E-state index in [1.165, 1.54) is 0 Å². The number of hydrogen-bond acceptors (Lipinski definition) is 3. The van der Waals surface area contributed by atoms with Crippen LogP contribution < -0.4 is 5.32 Å². The summed E-state index contributed by atoms with van der Waals surface area (Å²) in [5, 5.41) is 5.06. The number of aryl methyl sites for hydroxylation is 1. The number of unbranched alkanes of at least 4 members (excludes halogenated alkanes) is 1. The van der Waals surface area contributed by atoms with E-state index in [1.807, 2.05) is 18.2 Å². The van der Waals surface area contributed by atoms with E-state index in [2.05, 4.69) is 45.3 Å². The van der Waals surface area contributed by atoms with Gasteiger partial charge >= 0.3 is 0 Å². The molecule has 0 fully saturated rings. The molecule has 4 nitrogen and oxygen atoms in total. The molecule has 5 heteroatoms. The van der Waals surface area contributed by atoms with Crippen LogP contribution >= 0.6 is 11.3 Å². The van der Waals surface area contributed by atoms with Gasteiger partial charge in [0.25, 0.3) is 0 Å². The van der Waals surface area contributed by atoms with Crippen LogP contribution in [0, 0.1) is 0 Å². The lowest BCUT2D eigenvalue weighted by Crippen LogP contribution is -2.24. The number of hydrogen-bond donors (Lipinski definition) is 1. The molecular formula is C18H21N3OS. The zero-order valence-electron chi connectivity index (χ0n) is 13.3. The van der Waals surface area contributed by atoms with Crippen molar-refractivity contribution >= 4 is 22.2 Å². The number of rotatable bonds is 7. The van der Waals surface area contributed by atoms with Gasteiger partial charge < -0.3 is 5.32 Å². The van der Waals surface area contributed by atoms with Gasteiger partial charge in [0.05, 0.1) is 5.69 Å². The van der Waals surface area contributed by atoms with E-state index in [9.17, 15) is 4.79 Å². The summed E-state index contributed by atoms with van der Waals surface area (Å²) >= 11 is 1.62. The average molecular weight is 327 g/mol. The molecule has 2 heterocycles. The van der Waals surface area contributed by atoms with E-state index in [4.69, 9.17) is 0 Å². The first-order valence-corrected chi connectivity index (χ1v) is 8.93. The third kappa shape index (κ3) is 3.79. The summed E-state index contributed by atoms with van der Waals surface area (Å²) in [6.45, 7) is 2.90. The van der Waals surface area contributed by atoms with Crippen LogP contribution in [-0.4, -0.2) is 21.8 Å². The summed E-state index contributed by atoms with van der Waals surface area (Å²) in [6, 6.07) is 10.2. The number of amides is 1. The molecule has 1 N–H and O–H groups in total. The van der Waals surface area contributed by atoms with Crippen LogP contribution in [0.1, 0.15) is 31.9 Å². The van der Waals surface area contributed by atoms with Crippen molar-refractivity contribution in [2.24, 2.45) is 0 Å². The number of nitrogens with one attached hydrogen (secondary N) is 1. The van der Waals surface area contributed by atoms with Crippen molar-refractivity contribution < 1.29 is 4.79 Å². The van der Waals surface area contributed by atoms with Gasteiger partial charge in [0.1, 0.15) is 0 Å². The molecule has 0 spiro atoms. The highest BCUT2D eigenvalue weighted by atomic mass is 32.1. The van der Waals surface area contributed by atoms with Crippen molar-refractivity contribution in [2.45, 2.75) is 32.6 Å². The first kappa shape index (κ1) is 15.7. The first-order chi connectivity index (χ1) is 11.3. The summed E-state index contributed by atoms with van der Waals surface area (Å²) < 4.78 is 2.10. The van der Waals surface area contributed by atoms with Crippen molar-refractivity contribution in [3.63, 3.8) is 0 Å². The summed E-state index contributed by atoms with van der Waals surface area (Å²) in [6.07, 6.45) is 5.46. The standard InChI is InChI=1S/C18H21N3OS/c1-2-3-11-19-17(22)10-9-15-13-23-18-20-16(12-21(15)18)14-7-5-4-6-8-14/h4-8,12-13H,2-3,9-11H2,1H3,(H,19,22).